The van der Waals surface area contributed by atoms with Crippen molar-refractivity contribution in [2.45, 2.75) is 33.0 Å². The van der Waals surface area contributed by atoms with Crippen molar-refractivity contribution in [2.75, 3.05) is 23.8 Å². The van der Waals surface area contributed by atoms with Gasteiger partial charge in [-0.3, -0.25) is 0 Å². The molecule has 2 aromatic heterocycles. The molecule has 7 nitrogen and oxygen atoms in total. The highest BCUT2D eigenvalue weighted by atomic mass is 19.1. The van der Waals surface area contributed by atoms with Crippen LogP contribution in [0.4, 0.5) is 16.2 Å². The molecule has 0 saturated carbocycles. The molecule has 1 aliphatic heterocycles. The fraction of sp³-hybridized carbons (Fsp3) is 0.318. The molecule has 0 amide bonds. The van der Waals surface area contributed by atoms with Crippen LogP contribution in [-0.4, -0.2) is 40.4 Å². The lowest BCUT2D eigenvalue weighted by Gasteiger charge is -2.32. The Kier molecular flexibility index (Phi) is 5.39. The van der Waals surface area contributed by atoms with Gasteiger partial charge in [0.2, 0.25) is 5.95 Å². The Morgan fingerprint density at radius 1 is 1.30 bits per heavy atom. The standard InChI is InChI=1S/C22H26FN7/c1-14-12-30-13-15(2)29(3)21-20(30)19(14)27-22(28-21)26-11-17(8-24)10-25-9-16-4-6-18(23)7-5-16/h4-8,10,12,15,24-25H,9,11,13H2,1-3H3,(H,26,27,28)/b17-10+,24-8?. The second-order valence-electron chi connectivity index (χ2n) is 7.72. The molecule has 1 unspecified atom stereocenters. The van der Waals surface area contributed by atoms with Gasteiger partial charge in [-0.25, -0.2) is 9.37 Å². The number of nitrogens with zero attached hydrogens (tertiary/aromatic N) is 4. The molecule has 1 atom stereocenters. The van der Waals surface area contributed by atoms with Gasteiger partial charge in [-0.1, -0.05) is 12.1 Å². The number of aryl methyl sites for hydroxylation is 1. The molecule has 3 N–H and O–H groups in total. The van der Waals surface area contributed by atoms with Crippen LogP contribution in [-0.2, 0) is 13.1 Å². The lowest BCUT2D eigenvalue weighted by Crippen LogP contribution is -2.37. The van der Waals surface area contributed by atoms with E-state index in [1.807, 2.05) is 0 Å². The molecule has 0 bridgehead atoms. The van der Waals surface area contributed by atoms with Gasteiger partial charge in [0.25, 0.3) is 0 Å². The highest BCUT2D eigenvalue weighted by molar-refractivity contribution is 5.91. The molecule has 30 heavy (non-hydrogen) atoms. The number of benzene rings is 1. The maximum Gasteiger partial charge on any atom is 0.225 e. The highest BCUT2D eigenvalue weighted by Crippen LogP contribution is 2.33. The molecule has 0 fully saturated rings. The van der Waals surface area contributed by atoms with E-state index in [4.69, 9.17) is 15.4 Å². The van der Waals surface area contributed by atoms with Gasteiger partial charge in [-0.05, 0) is 37.1 Å². The third-order valence-corrected chi connectivity index (χ3v) is 5.47. The van der Waals surface area contributed by atoms with Gasteiger partial charge in [0.15, 0.2) is 5.82 Å². The van der Waals surface area contributed by atoms with Gasteiger partial charge in [0.1, 0.15) is 11.3 Å². The third-order valence-electron chi connectivity index (χ3n) is 5.47. The molecule has 0 spiro atoms. The van der Waals surface area contributed by atoms with E-state index in [-0.39, 0.29) is 5.82 Å². The van der Waals surface area contributed by atoms with Crippen LogP contribution in [0.1, 0.15) is 18.1 Å². The fourth-order valence-corrected chi connectivity index (χ4v) is 3.65. The molecule has 1 aliphatic rings. The zero-order valence-electron chi connectivity index (χ0n) is 17.4. The summed E-state index contributed by atoms with van der Waals surface area (Å²) in [4.78, 5) is 11.6. The Balaban J connectivity index is 1.48. The van der Waals surface area contributed by atoms with Crippen molar-refractivity contribution < 1.29 is 4.39 Å². The summed E-state index contributed by atoms with van der Waals surface area (Å²) in [5, 5.41) is 14.1. The predicted octanol–water partition coefficient (Wildman–Crippen LogP) is 3.45. The van der Waals surface area contributed by atoms with Gasteiger partial charge in [-0.2, -0.15) is 4.98 Å². The van der Waals surface area contributed by atoms with Gasteiger partial charge in [0.05, 0.1) is 5.52 Å². The topological polar surface area (TPSA) is 81.9 Å². The van der Waals surface area contributed by atoms with Crippen LogP contribution in [0.5, 0.6) is 0 Å². The van der Waals surface area contributed by atoms with Crippen molar-refractivity contribution in [1.29, 1.82) is 5.41 Å². The number of hydrogen-bond donors (Lipinski definition) is 3. The summed E-state index contributed by atoms with van der Waals surface area (Å²) in [5.41, 5.74) is 4.88. The zero-order chi connectivity index (χ0) is 21.3. The molecule has 0 aliphatic carbocycles. The van der Waals surface area contributed by atoms with Gasteiger partial charge in [-0.15, -0.1) is 0 Å². The summed E-state index contributed by atoms with van der Waals surface area (Å²) in [5.74, 6) is 1.22. The van der Waals surface area contributed by atoms with Crippen LogP contribution in [0.2, 0.25) is 0 Å². The van der Waals surface area contributed by atoms with Crippen LogP contribution in [0, 0.1) is 18.2 Å². The maximum atomic E-state index is 13.0. The second-order valence-corrected chi connectivity index (χ2v) is 7.72. The summed E-state index contributed by atoms with van der Waals surface area (Å²) < 4.78 is 15.2. The van der Waals surface area contributed by atoms with Crippen molar-refractivity contribution in [2.24, 2.45) is 0 Å². The Labute approximate surface area is 175 Å². The first-order chi connectivity index (χ1) is 14.5. The smallest absolute Gasteiger partial charge is 0.225 e. The number of aromatic nitrogens is 3. The van der Waals surface area contributed by atoms with Crippen molar-refractivity contribution in [3.8, 4) is 0 Å². The van der Waals surface area contributed by atoms with E-state index in [2.05, 4.69) is 47.2 Å². The van der Waals surface area contributed by atoms with Crippen LogP contribution in [0.3, 0.4) is 0 Å². The average Bonchev–Trinajstić information content (AvgIpc) is 3.05. The van der Waals surface area contributed by atoms with E-state index in [0.29, 0.717) is 25.1 Å². The molecular weight excluding hydrogens is 381 g/mol. The molecule has 3 heterocycles. The minimum absolute atomic E-state index is 0.250. The summed E-state index contributed by atoms with van der Waals surface area (Å²) in [7, 11) is 2.06. The summed E-state index contributed by atoms with van der Waals surface area (Å²) in [6, 6.07) is 6.70. The Morgan fingerprint density at radius 3 is 2.80 bits per heavy atom. The Bertz CT molecular complexity index is 1100. The lowest BCUT2D eigenvalue weighted by atomic mass is 10.2. The highest BCUT2D eigenvalue weighted by Gasteiger charge is 2.26. The van der Waals surface area contributed by atoms with Crippen LogP contribution >= 0.6 is 0 Å². The second kappa shape index (κ2) is 8.14. The van der Waals surface area contributed by atoms with Crippen molar-refractivity contribution in [3.05, 3.63) is 59.2 Å². The minimum atomic E-state index is -0.250. The van der Waals surface area contributed by atoms with Crippen molar-refractivity contribution in [3.63, 3.8) is 0 Å². The number of anilines is 2. The minimum Gasteiger partial charge on any atom is -0.386 e. The molecule has 0 radical (unpaired) electrons. The number of halogens is 1. The fourth-order valence-electron chi connectivity index (χ4n) is 3.65. The predicted molar refractivity (Wildman–Crippen MR) is 119 cm³/mol. The van der Waals surface area contributed by atoms with E-state index in [9.17, 15) is 4.39 Å². The molecule has 1 aromatic carbocycles. The number of rotatable bonds is 7. The summed E-state index contributed by atoms with van der Waals surface area (Å²) in [6.07, 6.45) is 5.21. The van der Waals surface area contributed by atoms with Crippen LogP contribution < -0.4 is 15.5 Å². The third kappa shape index (κ3) is 3.85. The molecule has 4 rings (SSSR count). The monoisotopic (exact) mass is 407 g/mol. The van der Waals surface area contributed by atoms with Gasteiger partial charge in [0, 0.05) is 56.9 Å². The van der Waals surface area contributed by atoms with E-state index in [1.54, 1.807) is 18.3 Å². The largest absolute Gasteiger partial charge is 0.386 e. The van der Waals surface area contributed by atoms with E-state index in [1.165, 1.54) is 18.3 Å². The summed E-state index contributed by atoms with van der Waals surface area (Å²) in [6.45, 7) is 6.15. The van der Waals surface area contributed by atoms with Gasteiger partial charge < -0.3 is 25.5 Å². The number of nitrogens with one attached hydrogen (secondary N) is 3. The van der Waals surface area contributed by atoms with Crippen LogP contribution in [0.25, 0.3) is 11.0 Å². The van der Waals surface area contributed by atoms with Gasteiger partial charge >= 0.3 is 0 Å². The number of hydrogen-bond acceptors (Lipinski definition) is 6. The lowest BCUT2D eigenvalue weighted by molar-refractivity contribution is 0.553. The quantitative estimate of drug-likeness (QED) is 0.523. The molecule has 156 valence electrons. The van der Waals surface area contributed by atoms with E-state index in [0.717, 1.165) is 40.1 Å². The molecule has 0 saturated heterocycles. The van der Waals surface area contributed by atoms with Crippen LogP contribution in [0.15, 0.2) is 42.2 Å². The first-order valence-electron chi connectivity index (χ1n) is 9.98. The normalized spacial score (nSPS) is 16.1. The molecular formula is C22H26FN7. The van der Waals surface area contributed by atoms with Crippen molar-refractivity contribution in [1.82, 2.24) is 19.9 Å². The SMILES string of the molecule is Cc1cn2c3c(nc(NC/C(C=N)=C/NCc4ccc(F)cc4)nc13)N(C)C(C)C2. The van der Waals surface area contributed by atoms with E-state index >= 15 is 0 Å². The first-order valence-corrected chi connectivity index (χ1v) is 9.98. The summed E-state index contributed by atoms with van der Waals surface area (Å²) >= 11 is 0. The molecule has 8 heteroatoms. The maximum absolute atomic E-state index is 13.0. The van der Waals surface area contributed by atoms with E-state index < -0.39 is 0 Å². The average molecular weight is 407 g/mol. The van der Waals surface area contributed by atoms with Crippen molar-refractivity contribution >= 4 is 29.0 Å². The Morgan fingerprint density at radius 2 is 2.07 bits per heavy atom. The number of likely N-dealkylation sites (N-methyl/N-ethyl adjacent to an activating group) is 1. The first kappa shape index (κ1) is 19.9. The zero-order valence-corrected chi connectivity index (χ0v) is 17.4. The Hall–Kier alpha value is -3.42. The molecule has 3 aromatic rings.